The molecule has 0 rings (SSSR count). The maximum absolute atomic E-state index is 11.9. The van der Waals surface area contributed by atoms with Gasteiger partial charge in [0.05, 0.1) is 0 Å². The fourth-order valence-corrected chi connectivity index (χ4v) is 5.62. The first-order valence-electron chi connectivity index (χ1n) is 18.9. The van der Waals surface area contributed by atoms with Gasteiger partial charge in [0.1, 0.15) is 19.3 Å². The third kappa shape index (κ3) is 35.3. The Morgan fingerprint density at radius 1 is 0.465 bits per heavy atom. The predicted molar refractivity (Wildman–Crippen MR) is 182 cm³/mol. The number of hydrogen-bond acceptors (Lipinski definition) is 5. The van der Waals surface area contributed by atoms with Gasteiger partial charge in [-0.3, -0.25) is 9.59 Å². The van der Waals surface area contributed by atoms with Crippen molar-refractivity contribution >= 4 is 11.9 Å². The van der Waals surface area contributed by atoms with Gasteiger partial charge in [-0.2, -0.15) is 0 Å². The van der Waals surface area contributed by atoms with Crippen molar-refractivity contribution in [2.45, 2.75) is 213 Å². The summed E-state index contributed by atoms with van der Waals surface area (Å²) in [7, 11) is 0. The molecular weight excluding hydrogens is 536 g/mol. The molecule has 0 saturated carbocycles. The number of rotatable bonds is 34. The van der Waals surface area contributed by atoms with Crippen molar-refractivity contribution in [1.82, 2.24) is 0 Å². The number of hydrogen-bond donors (Lipinski definition) is 1. The van der Waals surface area contributed by atoms with Gasteiger partial charge in [-0.15, -0.1) is 0 Å². The van der Waals surface area contributed by atoms with Gasteiger partial charge in [0.2, 0.25) is 0 Å². The topological polar surface area (TPSA) is 72.8 Å². The van der Waals surface area contributed by atoms with E-state index in [0.717, 1.165) is 31.6 Å². The maximum Gasteiger partial charge on any atom is 0.305 e. The Labute approximate surface area is 268 Å². The SMILES string of the molecule is CCCCCCCCCCCCCCCC(=O)OC[C@@H](O)COC(=O)CCCCCCCCCCCCCCCC(C)C. The highest BCUT2D eigenvalue weighted by Gasteiger charge is 2.12. The van der Waals surface area contributed by atoms with Gasteiger partial charge in [-0.1, -0.05) is 181 Å². The zero-order valence-corrected chi connectivity index (χ0v) is 29.2. The lowest BCUT2D eigenvalue weighted by Crippen LogP contribution is -2.25. The van der Waals surface area contributed by atoms with Gasteiger partial charge in [0, 0.05) is 12.8 Å². The number of carbonyl (C=O) groups is 2. The molecule has 1 atom stereocenters. The highest BCUT2D eigenvalue weighted by molar-refractivity contribution is 5.69. The van der Waals surface area contributed by atoms with Crippen molar-refractivity contribution in [3.8, 4) is 0 Å². The largest absolute Gasteiger partial charge is 0.463 e. The van der Waals surface area contributed by atoms with Crippen LogP contribution in [-0.2, 0) is 19.1 Å². The summed E-state index contributed by atoms with van der Waals surface area (Å²) < 4.78 is 10.3. The lowest BCUT2D eigenvalue weighted by molar-refractivity contribution is -0.152. The molecule has 256 valence electrons. The molecular formula is C38H74O5. The molecule has 0 unspecified atom stereocenters. The van der Waals surface area contributed by atoms with Crippen LogP contribution in [-0.4, -0.2) is 36.4 Å². The second kappa shape index (κ2) is 33.8. The van der Waals surface area contributed by atoms with Crippen molar-refractivity contribution < 1.29 is 24.2 Å². The van der Waals surface area contributed by atoms with E-state index in [0.29, 0.717) is 12.8 Å². The molecule has 1 N–H and O–H groups in total. The number of ether oxygens (including phenoxy) is 2. The summed E-state index contributed by atoms with van der Waals surface area (Å²) >= 11 is 0. The molecule has 0 aliphatic heterocycles. The van der Waals surface area contributed by atoms with E-state index in [1.54, 1.807) is 0 Å². The van der Waals surface area contributed by atoms with E-state index in [9.17, 15) is 14.7 Å². The Morgan fingerprint density at radius 2 is 0.744 bits per heavy atom. The van der Waals surface area contributed by atoms with Gasteiger partial charge < -0.3 is 14.6 Å². The van der Waals surface area contributed by atoms with E-state index in [1.807, 2.05) is 0 Å². The van der Waals surface area contributed by atoms with Crippen LogP contribution in [0.4, 0.5) is 0 Å². The van der Waals surface area contributed by atoms with Crippen LogP contribution in [0.1, 0.15) is 207 Å². The molecule has 0 spiro atoms. The summed E-state index contributed by atoms with van der Waals surface area (Å²) in [5.74, 6) is 0.295. The van der Waals surface area contributed by atoms with Gasteiger partial charge in [-0.25, -0.2) is 0 Å². The molecule has 5 nitrogen and oxygen atoms in total. The van der Waals surface area contributed by atoms with Crippen molar-refractivity contribution in [3.63, 3.8) is 0 Å². The number of aliphatic hydroxyl groups excluding tert-OH is 1. The standard InChI is InChI=1S/C38H74O5/c1-4-5-6-7-8-9-10-12-16-19-22-25-28-31-37(40)42-33-36(39)34-43-38(41)32-29-26-23-20-17-14-11-13-15-18-21-24-27-30-35(2)3/h35-36,39H,4-34H2,1-3H3/t36-/m1/s1. The second-order valence-electron chi connectivity index (χ2n) is 13.5. The lowest BCUT2D eigenvalue weighted by atomic mass is 10.0. The van der Waals surface area contributed by atoms with E-state index >= 15 is 0 Å². The van der Waals surface area contributed by atoms with Crippen molar-refractivity contribution in [2.24, 2.45) is 5.92 Å². The minimum Gasteiger partial charge on any atom is -0.463 e. The molecule has 0 aliphatic rings. The lowest BCUT2D eigenvalue weighted by Gasteiger charge is -2.12. The highest BCUT2D eigenvalue weighted by Crippen LogP contribution is 2.15. The Balaban J connectivity index is 3.38. The predicted octanol–water partition coefficient (Wildman–Crippen LogP) is 11.4. The van der Waals surface area contributed by atoms with Crippen LogP contribution in [0.2, 0.25) is 0 Å². The summed E-state index contributed by atoms with van der Waals surface area (Å²) in [5.41, 5.74) is 0. The Morgan fingerprint density at radius 3 is 1.05 bits per heavy atom. The summed E-state index contributed by atoms with van der Waals surface area (Å²) in [6, 6.07) is 0. The third-order valence-corrected chi connectivity index (χ3v) is 8.52. The first-order chi connectivity index (χ1) is 21.0. The van der Waals surface area contributed by atoms with Crippen LogP contribution < -0.4 is 0 Å². The molecule has 0 aliphatic carbocycles. The molecule has 0 fully saturated rings. The van der Waals surface area contributed by atoms with Gasteiger partial charge in [-0.05, 0) is 18.8 Å². The Kier molecular flexibility index (Phi) is 32.9. The molecule has 0 aromatic rings. The molecule has 0 bridgehead atoms. The second-order valence-corrected chi connectivity index (χ2v) is 13.5. The summed E-state index contributed by atoms with van der Waals surface area (Å²) in [6.07, 6.45) is 34.4. The average Bonchev–Trinajstić information content (AvgIpc) is 2.99. The zero-order chi connectivity index (χ0) is 31.6. The molecule has 0 amide bonds. The molecule has 0 aromatic carbocycles. The van der Waals surface area contributed by atoms with Crippen LogP contribution in [0.25, 0.3) is 0 Å². The molecule has 43 heavy (non-hydrogen) atoms. The number of carbonyl (C=O) groups excluding carboxylic acids is 2. The van der Waals surface area contributed by atoms with Crippen LogP contribution in [0.5, 0.6) is 0 Å². The van der Waals surface area contributed by atoms with Crippen molar-refractivity contribution in [1.29, 1.82) is 0 Å². The Hall–Kier alpha value is -1.10. The number of esters is 2. The summed E-state index contributed by atoms with van der Waals surface area (Å²) in [4.78, 5) is 23.9. The Bertz CT molecular complexity index is 591. The normalized spacial score (nSPS) is 12.1. The van der Waals surface area contributed by atoms with Crippen LogP contribution in [0.15, 0.2) is 0 Å². The van der Waals surface area contributed by atoms with Crippen molar-refractivity contribution in [3.05, 3.63) is 0 Å². The van der Waals surface area contributed by atoms with E-state index in [-0.39, 0.29) is 25.2 Å². The van der Waals surface area contributed by atoms with E-state index in [2.05, 4.69) is 20.8 Å². The fourth-order valence-electron chi connectivity index (χ4n) is 5.62. The molecule has 0 aromatic heterocycles. The number of unbranched alkanes of at least 4 members (excludes halogenated alkanes) is 24. The van der Waals surface area contributed by atoms with Gasteiger partial charge in [0.25, 0.3) is 0 Å². The van der Waals surface area contributed by atoms with Crippen LogP contribution >= 0.6 is 0 Å². The summed E-state index contributed by atoms with van der Waals surface area (Å²) in [6.45, 7) is 6.67. The van der Waals surface area contributed by atoms with Crippen LogP contribution in [0, 0.1) is 5.92 Å². The van der Waals surface area contributed by atoms with Crippen molar-refractivity contribution in [2.75, 3.05) is 13.2 Å². The smallest absolute Gasteiger partial charge is 0.305 e. The molecule has 5 heteroatoms. The van der Waals surface area contributed by atoms with E-state index in [1.165, 1.54) is 148 Å². The minimum atomic E-state index is -0.954. The summed E-state index contributed by atoms with van der Waals surface area (Å²) in [5, 5.41) is 9.99. The maximum atomic E-state index is 11.9. The number of aliphatic hydroxyl groups is 1. The fraction of sp³-hybridized carbons (Fsp3) is 0.947. The first-order valence-corrected chi connectivity index (χ1v) is 18.9. The molecule has 0 heterocycles. The van der Waals surface area contributed by atoms with Gasteiger partial charge in [0.15, 0.2) is 0 Å². The van der Waals surface area contributed by atoms with E-state index < -0.39 is 6.10 Å². The first kappa shape index (κ1) is 41.9. The van der Waals surface area contributed by atoms with Crippen LogP contribution in [0.3, 0.4) is 0 Å². The molecule has 0 radical (unpaired) electrons. The van der Waals surface area contributed by atoms with E-state index in [4.69, 9.17) is 9.47 Å². The highest BCUT2D eigenvalue weighted by atomic mass is 16.6. The van der Waals surface area contributed by atoms with Gasteiger partial charge >= 0.3 is 11.9 Å². The monoisotopic (exact) mass is 611 g/mol. The zero-order valence-electron chi connectivity index (χ0n) is 29.2. The minimum absolute atomic E-state index is 0.108. The average molecular weight is 611 g/mol. The third-order valence-electron chi connectivity index (χ3n) is 8.52. The quantitative estimate of drug-likeness (QED) is 0.0579. The molecule has 0 saturated heterocycles.